The van der Waals surface area contributed by atoms with E-state index in [2.05, 4.69) is 10.0 Å². The van der Waals surface area contributed by atoms with Crippen LogP contribution in [0.5, 0.6) is 5.75 Å². The minimum absolute atomic E-state index is 0.0513. The maximum Gasteiger partial charge on any atom is 0.264 e. The van der Waals surface area contributed by atoms with Gasteiger partial charge in [0.15, 0.2) is 0 Å². The van der Waals surface area contributed by atoms with Crippen molar-refractivity contribution in [3.05, 3.63) is 48.5 Å². The molecule has 12 heteroatoms. The zero-order chi connectivity index (χ0) is 23.8. The van der Waals surface area contributed by atoms with Crippen molar-refractivity contribution in [1.82, 2.24) is 10.0 Å². The van der Waals surface area contributed by atoms with Crippen LogP contribution in [-0.2, 0) is 29.6 Å². The van der Waals surface area contributed by atoms with Gasteiger partial charge in [0.2, 0.25) is 15.9 Å². The summed E-state index contributed by atoms with van der Waals surface area (Å²) in [5.41, 5.74) is 0.0523. The van der Waals surface area contributed by atoms with Gasteiger partial charge in [0.05, 0.1) is 29.2 Å². The molecule has 0 aliphatic rings. The summed E-state index contributed by atoms with van der Waals surface area (Å²) < 4.78 is 64.7. The lowest BCUT2D eigenvalue weighted by atomic mass is 10.3. The van der Waals surface area contributed by atoms with Gasteiger partial charge < -0.3 is 14.8 Å². The highest BCUT2D eigenvalue weighted by Crippen LogP contribution is 2.33. The smallest absolute Gasteiger partial charge is 0.264 e. The van der Waals surface area contributed by atoms with E-state index in [9.17, 15) is 21.6 Å². The zero-order valence-electron chi connectivity index (χ0n) is 18.1. The third-order valence-corrected chi connectivity index (χ3v) is 7.72. The van der Waals surface area contributed by atoms with Crippen molar-refractivity contribution < 1.29 is 31.1 Å². The Morgan fingerprint density at radius 2 is 1.66 bits per heavy atom. The second-order valence-corrected chi connectivity index (χ2v) is 10.3. The van der Waals surface area contributed by atoms with Gasteiger partial charge in [0.1, 0.15) is 5.75 Å². The quantitative estimate of drug-likeness (QED) is 0.428. The van der Waals surface area contributed by atoms with Crippen LogP contribution in [0, 0.1) is 0 Å². The molecular formula is C20H27N3O7S2. The molecule has 0 bridgehead atoms. The molecule has 32 heavy (non-hydrogen) atoms. The van der Waals surface area contributed by atoms with E-state index in [-0.39, 0.29) is 40.1 Å². The fourth-order valence-corrected chi connectivity index (χ4v) is 5.00. The van der Waals surface area contributed by atoms with Gasteiger partial charge in [-0.1, -0.05) is 18.2 Å². The Balaban J connectivity index is 2.22. The molecule has 2 N–H and O–H groups in total. The van der Waals surface area contributed by atoms with Crippen molar-refractivity contribution in [2.24, 2.45) is 0 Å². The van der Waals surface area contributed by atoms with Crippen LogP contribution in [0.1, 0.15) is 6.42 Å². The first-order chi connectivity index (χ1) is 15.1. The lowest BCUT2D eigenvalue weighted by Crippen LogP contribution is -2.32. The predicted octanol–water partition coefficient (Wildman–Crippen LogP) is 0.951. The molecule has 1 amide bonds. The highest BCUT2D eigenvalue weighted by molar-refractivity contribution is 7.92. The molecule has 0 spiro atoms. The number of ether oxygens (including phenoxy) is 2. The van der Waals surface area contributed by atoms with E-state index >= 15 is 0 Å². The normalized spacial score (nSPS) is 11.7. The summed E-state index contributed by atoms with van der Waals surface area (Å²) in [7, 11) is -3.78. The number of anilines is 1. The number of amides is 1. The lowest BCUT2D eigenvalue weighted by Gasteiger charge is -2.22. The van der Waals surface area contributed by atoms with E-state index in [1.165, 1.54) is 51.6 Å². The van der Waals surface area contributed by atoms with Gasteiger partial charge >= 0.3 is 0 Å². The molecule has 0 aromatic heterocycles. The standard InChI is InChI=1S/C20H27N3O7S2/c1-23(32(27,28)16-7-5-4-6-8-16)18-15-17(9-10-19(18)30-3)31(25,26)22-12-11-20(24)21-13-14-29-2/h4-10,15,22H,11-14H2,1-3H3,(H,21,24). The summed E-state index contributed by atoms with van der Waals surface area (Å²) in [5, 5.41) is 2.59. The molecule has 0 aliphatic heterocycles. The molecule has 0 unspecified atom stereocenters. The molecule has 2 aromatic carbocycles. The SMILES string of the molecule is COCCNC(=O)CCNS(=O)(=O)c1ccc(OC)c(N(C)S(=O)(=O)c2ccccc2)c1. The highest BCUT2D eigenvalue weighted by Gasteiger charge is 2.26. The van der Waals surface area contributed by atoms with Crippen LogP contribution in [0.4, 0.5) is 5.69 Å². The Bertz CT molecular complexity index is 1120. The molecule has 0 aliphatic carbocycles. The van der Waals surface area contributed by atoms with E-state index < -0.39 is 20.0 Å². The maximum atomic E-state index is 13.0. The summed E-state index contributed by atoms with van der Waals surface area (Å²) in [6, 6.07) is 11.6. The minimum Gasteiger partial charge on any atom is -0.495 e. The first-order valence-electron chi connectivity index (χ1n) is 9.61. The van der Waals surface area contributed by atoms with Crippen LogP contribution in [-0.4, -0.2) is 63.7 Å². The van der Waals surface area contributed by atoms with Crippen molar-refractivity contribution >= 4 is 31.6 Å². The number of sulfonamides is 2. The second kappa shape index (κ2) is 11.3. The van der Waals surface area contributed by atoms with E-state index in [4.69, 9.17) is 9.47 Å². The van der Waals surface area contributed by atoms with Crippen molar-refractivity contribution in [2.75, 3.05) is 45.3 Å². The van der Waals surface area contributed by atoms with Gasteiger partial charge in [0, 0.05) is 33.7 Å². The number of methoxy groups -OCH3 is 2. The largest absolute Gasteiger partial charge is 0.495 e. The van der Waals surface area contributed by atoms with Gasteiger partial charge in [-0.15, -0.1) is 0 Å². The fraction of sp³-hybridized carbons (Fsp3) is 0.350. The predicted molar refractivity (Wildman–Crippen MR) is 120 cm³/mol. The molecular weight excluding hydrogens is 458 g/mol. The van der Waals surface area contributed by atoms with Crippen LogP contribution < -0.4 is 19.1 Å². The number of rotatable bonds is 12. The van der Waals surface area contributed by atoms with Crippen molar-refractivity contribution in [2.45, 2.75) is 16.2 Å². The number of benzene rings is 2. The average molecular weight is 486 g/mol. The number of nitrogens with zero attached hydrogens (tertiary/aromatic N) is 1. The number of hydrogen-bond acceptors (Lipinski definition) is 7. The number of carbonyl (C=O) groups excluding carboxylic acids is 1. The minimum atomic E-state index is -4.00. The summed E-state index contributed by atoms with van der Waals surface area (Å²) in [6.07, 6.45) is -0.0613. The molecule has 176 valence electrons. The molecule has 10 nitrogen and oxygen atoms in total. The topological polar surface area (TPSA) is 131 Å². The first-order valence-corrected chi connectivity index (χ1v) is 12.5. The number of hydrogen-bond donors (Lipinski definition) is 2. The Labute approximate surface area is 188 Å². The molecule has 0 radical (unpaired) electrons. The zero-order valence-corrected chi connectivity index (χ0v) is 19.7. The third kappa shape index (κ3) is 6.42. The lowest BCUT2D eigenvalue weighted by molar-refractivity contribution is -0.121. The molecule has 0 saturated carbocycles. The van der Waals surface area contributed by atoms with Crippen molar-refractivity contribution in [1.29, 1.82) is 0 Å². The van der Waals surface area contributed by atoms with E-state index in [0.717, 1.165) is 4.31 Å². The molecule has 0 atom stereocenters. The van der Waals surface area contributed by atoms with E-state index in [1.54, 1.807) is 18.2 Å². The van der Waals surface area contributed by atoms with E-state index in [1.807, 2.05) is 0 Å². The fourth-order valence-electron chi connectivity index (χ4n) is 2.73. The second-order valence-electron chi connectivity index (χ2n) is 6.61. The summed E-state index contributed by atoms with van der Waals surface area (Å²) >= 11 is 0. The van der Waals surface area contributed by atoms with Crippen molar-refractivity contribution in [3.8, 4) is 5.75 Å². The molecule has 0 saturated heterocycles. The average Bonchev–Trinajstić information content (AvgIpc) is 2.78. The monoisotopic (exact) mass is 485 g/mol. The van der Waals surface area contributed by atoms with Crippen LogP contribution in [0.3, 0.4) is 0 Å². The highest BCUT2D eigenvalue weighted by atomic mass is 32.2. The van der Waals surface area contributed by atoms with Crippen LogP contribution >= 0.6 is 0 Å². The van der Waals surface area contributed by atoms with E-state index in [0.29, 0.717) is 13.2 Å². The van der Waals surface area contributed by atoms with Gasteiger partial charge in [-0.3, -0.25) is 9.10 Å². The Morgan fingerprint density at radius 3 is 2.28 bits per heavy atom. The van der Waals surface area contributed by atoms with Crippen molar-refractivity contribution in [3.63, 3.8) is 0 Å². The molecule has 2 aromatic rings. The summed E-state index contributed by atoms with van der Waals surface area (Å²) in [6.45, 7) is 0.554. The molecule has 0 fully saturated rings. The Morgan fingerprint density at radius 1 is 0.969 bits per heavy atom. The van der Waals surface area contributed by atoms with Crippen LogP contribution in [0.15, 0.2) is 58.3 Å². The number of nitrogens with one attached hydrogen (secondary N) is 2. The van der Waals surface area contributed by atoms with Gasteiger partial charge in [-0.2, -0.15) is 0 Å². The van der Waals surface area contributed by atoms with Gasteiger partial charge in [0.25, 0.3) is 10.0 Å². The number of carbonyl (C=O) groups is 1. The maximum absolute atomic E-state index is 13.0. The third-order valence-electron chi connectivity index (χ3n) is 4.47. The molecule has 0 heterocycles. The Hall–Kier alpha value is -2.67. The first kappa shape index (κ1) is 25.6. The Kier molecular flexibility index (Phi) is 9.01. The summed E-state index contributed by atoms with van der Waals surface area (Å²) in [4.78, 5) is 11.6. The van der Waals surface area contributed by atoms with Gasteiger partial charge in [-0.05, 0) is 30.3 Å². The van der Waals surface area contributed by atoms with Crippen LogP contribution in [0.25, 0.3) is 0 Å². The van der Waals surface area contributed by atoms with Gasteiger partial charge in [-0.25, -0.2) is 21.6 Å². The summed E-state index contributed by atoms with van der Waals surface area (Å²) in [5.74, 6) is -0.141. The van der Waals surface area contributed by atoms with Crippen LogP contribution in [0.2, 0.25) is 0 Å². The molecule has 2 rings (SSSR count).